The van der Waals surface area contributed by atoms with Crippen molar-refractivity contribution in [3.63, 3.8) is 0 Å². The van der Waals surface area contributed by atoms with E-state index in [2.05, 4.69) is 9.97 Å². The Kier molecular flexibility index (Phi) is 3.79. The number of esters is 1. The molecule has 0 unspecified atom stereocenters. The minimum atomic E-state index is -0.466. The quantitative estimate of drug-likeness (QED) is 0.752. The van der Waals surface area contributed by atoms with Crippen molar-refractivity contribution in [2.45, 2.75) is 26.3 Å². The summed E-state index contributed by atoms with van der Waals surface area (Å²) in [6.45, 7) is 2.69. The van der Waals surface area contributed by atoms with Crippen molar-refractivity contribution in [2.24, 2.45) is 0 Å². The predicted octanol–water partition coefficient (Wildman–Crippen LogP) is -0.184. The Morgan fingerprint density at radius 2 is 2.21 bits per heavy atom. The van der Waals surface area contributed by atoms with Gasteiger partial charge < -0.3 is 15.0 Å². The summed E-state index contributed by atoms with van der Waals surface area (Å²) in [6, 6.07) is 0. The molecular formula is C11H15N5O3. The third-order valence-corrected chi connectivity index (χ3v) is 2.58. The lowest BCUT2D eigenvalue weighted by molar-refractivity contribution is -0.143. The molecule has 0 fully saturated rings. The molecule has 0 aliphatic rings. The van der Waals surface area contributed by atoms with E-state index in [1.54, 1.807) is 23.9 Å². The number of aryl methyl sites for hydroxylation is 1. The largest absolute Gasteiger partial charge is 0.466 e. The fourth-order valence-corrected chi connectivity index (χ4v) is 1.77. The number of aromatic nitrogens is 4. The minimum absolute atomic E-state index is 0.0599. The van der Waals surface area contributed by atoms with Crippen molar-refractivity contribution >= 4 is 17.7 Å². The number of carbonyl (C=O) groups is 1. The molecule has 0 spiro atoms. The molecule has 2 aromatic heterocycles. The number of hydrogen-bond donors (Lipinski definition) is 1. The topological polar surface area (TPSA) is 105 Å². The lowest BCUT2D eigenvalue weighted by Gasteiger charge is -2.04. The Morgan fingerprint density at radius 3 is 2.95 bits per heavy atom. The standard InChI is InChI=1S/C11H15N5O3/c1-2-19-8(17)4-3-5-15-6-7-16-10(15)13-9(12)14-11(16)18/h6-7H,2-5H2,1H3,(H2,12,14,18). The van der Waals surface area contributed by atoms with Gasteiger partial charge in [0.05, 0.1) is 6.61 Å². The number of nitrogens with two attached hydrogens (primary N) is 1. The van der Waals surface area contributed by atoms with Crippen molar-refractivity contribution < 1.29 is 9.53 Å². The van der Waals surface area contributed by atoms with Gasteiger partial charge in [-0.2, -0.15) is 9.97 Å². The van der Waals surface area contributed by atoms with Crippen molar-refractivity contribution in [3.05, 3.63) is 22.9 Å². The molecule has 0 aliphatic carbocycles. The van der Waals surface area contributed by atoms with Gasteiger partial charge in [0, 0.05) is 25.4 Å². The van der Waals surface area contributed by atoms with E-state index in [1.165, 1.54) is 4.40 Å². The molecule has 0 radical (unpaired) electrons. The van der Waals surface area contributed by atoms with Gasteiger partial charge in [0.25, 0.3) is 0 Å². The first-order valence-corrected chi connectivity index (χ1v) is 5.98. The molecule has 0 bridgehead atoms. The molecular weight excluding hydrogens is 250 g/mol. The number of anilines is 1. The summed E-state index contributed by atoms with van der Waals surface area (Å²) in [7, 11) is 0. The molecule has 2 aromatic rings. The van der Waals surface area contributed by atoms with Gasteiger partial charge in [-0.15, -0.1) is 0 Å². The molecule has 2 rings (SSSR count). The molecule has 0 amide bonds. The van der Waals surface area contributed by atoms with Crippen LogP contribution in [0, 0.1) is 0 Å². The number of fused-ring (bicyclic) bond motifs is 1. The van der Waals surface area contributed by atoms with Gasteiger partial charge in [-0.05, 0) is 13.3 Å². The van der Waals surface area contributed by atoms with Crippen LogP contribution in [0.3, 0.4) is 0 Å². The third kappa shape index (κ3) is 2.90. The maximum atomic E-state index is 11.5. The van der Waals surface area contributed by atoms with Crippen LogP contribution in [0.25, 0.3) is 5.78 Å². The zero-order chi connectivity index (χ0) is 13.8. The van der Waals surface area contributed by atoms with Crippen molar-refractivity contribution in [2.75, 3.05) is 12.3 Å². The summed E-state index contributed by atoms with van der Waals surface area (Å²) in [5.74, 6) is 0.127. The number of imidazole rings is 1. The summed E-state index contributed by atoms with van der Waals surface area (Å²) < 4.78 is 7.89. The Bertz CT molecular complexity index is 645. The SMILES string of the molecule is CCOC(=O)CCCn1ccn2c(=O)nc(N)nc12. The highest BCUT2D eigenvalue weighted by atomic mass is 16.5. The minimum Gasteiger partial charge on any atom is -0.466 e. The van der Waals surface area contributed by atoms with E-state index in [-0.39, 0.29) is 11.9 Å². The second kappa shape index (κ2) is 5.51. The Morgan fingerprint density at radius 1 is 1.42 bits per heavy atom. The molecule has 0 saturated carbocycles. The highest BCUT2D eigenvalue weighted by Gasteiger charge is 2.07. The summed E-state index contributed by atoms with van der Waals surface area (Å²) in [6.07, 6.45) is 4.20. The van der Waals surface area contributed by atoms with Gasteiger partial charge in [-0.1, -0.05) is 0 Å². The van der Waals surface area contributed by atoms with Gasteiger partial charge in [0.15, 0.2) is 0 Å². The van der Waals surface area contributed by atoms with Crippen LogP contribution in [0.5, 0.6) is 0 Å². The zero-order valence-corrected chi connectivity index (χ0v) is 10.6. The van der Waals surface area contributed by atoms with E-state index in [0.29, 0.717) is 31.8 Å². The number of nitrogens with zero attached hydrogens (tertiary/aromatic N) is 4. The van der Waals surface area contributed by atoms with Crippen LogP contribution in [0.4, 0.5) is 5.95 Å². The van der Waals surface area contributed by atoms with Crippen LogP contribution in [0.2, 0.25) is 0 Å². The van der Waals surface area contributed by atoms with Crippen LogP contribution < -0.4 is 11.4 Å². The Hall–Kier alpha value is -2.38. The molecule has 19 heavy (non-hydrogen) atoms. The number of hydrogen-bond acceptors (Lipinski definition) is 6. The third-order valence-electron chi connectivity index (χ3n) is 2.58. The van der Waals surface area contributed by atoms with E-state index in [4.69, 9.17) is 10.5 Å². The molecule has 8 heteroatoms. The normalized spacial score (nSPS) is 10.8. The predicted molar refractivity (Wildman–Crippen MR) is 67.5 cm³/mol. The van der Waals surface area contributed by atoms with Crippen LogP contribution in [-0.2, 0) is 16.1 Å². The lowest BCUT2D eigenvalue weighted by atomic mass is 10.3. The van der Waals surface area contributed by atoms with Crippen molar-refractivity contribution in [1.82, 2.24) is 18.9 Å². The van der Waals surface area contributed by atoms with Crippen LogP contribution >= 0.6 is 0 Å². The summed E-state index contributed by atoms with van der Waals surface area (Å²) in [5, 5.41) is 0. The van der Waals surface area contributed by atoms with Gasteiger partial charge in [-0.3, -0.25) is 4.79 Å². The number of ether oxygens (including phenoxy) is 1. The smallest absolute Gasteiger partial charge is 0.357 e. The van der Waals surface area contributed by atoms with E-state index in [0.717, 1.165) is 0 Å². The van der Waals surface area contributed by atoms with E-state index < -0.39 is 5.69 Å². The van der Waals surface area contributed by atoms with Crippen LogP contribution in [0.1, 0.15) is 19.8 Å². The Balaban J connectivity index is 2.09. The Labute approximate surface area is 108 Å². The zero-order valence-electron chi connectivity index (χ0n) is 10.6. The fourth-order valence-electron chi connectivity index (χ4n) is 1.77. The maximum absolute atomic E-state index is 11.5. The van der Waals surface area contributed by atoms with E-state index >= 15 is 0 Å². The molecule has 8 nitrogen and oxygen atoms in total. The number of nitrogen functional groups attached to an aromatic ring is 1. The number of carbonyl (C=O) groups excluding carboxylic acids is 1. The van der Waals surface area contributed by atoms with Gasteiger partial charge in [0.1, 0.15) is 0 Å². The van der Waals surface area contributed by atoms with Gasteiger partial charge in [0.2, 0.25) is 11.7 Å². The second-order valence-corrected chi connectivity index (χ2v) is 3.93. The molecule has 0 aliphatic heterocycles. The molecule has 2 heterocycles. The molecule has 0 aromatic carbocycles. The first kappa shape index (κ1) is 13.1. The summed E-state index contributed by atoms with van der Waals surface area (Å²) in [4.78, 5) is 30.3. The molecule has 0 saturated heterocycles. The van der Waals surface area contributed by atoms with E-state index in [9.17, 15) is 9.59 Å². The summed E-state index contributed by atoms with van der Waals surface area (Å²) in [5.41, 5.74) is 4.98. The second-order valence-electron chi connectivity index (χ2n) is 3.93. The van der Waals surface area contributed by atoms with Crippen LogP contribution in [0.15, 0.2) is 17.2 Å². The number of rotatable bonds is 5. The van der Waals surface area contributed by atoms with Gasteiger partial charge >= 0.3 is 11.7 Å². The molecule has 0 atom stereocenters. The monoisotopic (exact) mass is 265 g/mol. The lowest BCUT2D eigenvalue weighted by Crippen LogP contribution is -2.20. The van der Waals surface area contributed by atoms with Crippen LogP contribution in [-0.4, -0.2) is 31.5 Å². The maximum Gasteiger partial charge on any atom is 0.357 e. The first-order valence-electron chi connectivity index (χ1n) is 5.98. The molecule has 102 valence electrons. The van der Waals surface area contributed by atoms with Gasteiger partial charge in [-0.25, -0.2) is 9.20 Å². The fraction of sp³-hybridized carbons (Fsp3) is 0.455. The average Bonchev–Trinajstić information content (AvgIpc) is 2.73. The van der Waals surface area contributed by atoms with Crippen molar-refractivity contribution in [1.29, 1.82) is 0 Å². The highest BCUT2D eigenvalue weighted by Crippen LogP contribution is 2.04. The highest BCUT2D eigenvalue weighted by molar-refractivity contribution is 5.69. The average molecular weight is 265 g/mol. The molecule has 2 N–H and O–H groups in total. The van der Waals surface area contributed by atoms with Crippen molar-refractivity contribution in [3.8, 4) is 0 Å². The van der Waals surface area contributed by atoms with E-state index in [1.807, 2.05) is 0 Å². The summed E-state index contributed by atoms with van der Waals surface area (Å²) >= 11 is 0. The first-order chi connectivity index (χ1) is 9.11.